The van der Waals surface area contributed by atoms with Gasteiger partial charge in [0.2, 0.25) is 5.58 Å². The quantitative estimate of drug-likeness (QED) is 0.570. The smallest absolute Gasteiger partial charge is 0.228 e. The Morgan fingerprint density at radius 3 is 2.56 bits per heavy atom. The van der Waals surface area contributed by atoms with E-state index < -0.39 is 0 Å². The Balaban J connectivity index is 1.57. The van der Waals surface area contributed by atoms with Crippen molar-refractivity contribution in [2.24, 2.45) is 0 Å². The molecule has 0 atom stereocenters. The van der Waals surface area contributed by atoms with Crippen LogP contribution >= 0.6 is 11.6 Å². The lowest BCUT2D eigenvalue weighted by atomic mass is 10.1. The molecule has 0 spiro atoms. The Morgan fingerprint density at radius 1 is 0.960 bits per heavy atom. The van der Waals surface area contributed by atoms with Crippen LogP contribution in [0.15, 0.2) is 65.4 Å². The number of nitrogens with zero attached hydrogens (tertiary/aromatic N) is 3. The van der Waals surface area contributed by atoms with Crippen LogP contribution in [0, 0.1) is 0 Å². The van der Waals surface area contributed by atoms with Crippen LogP contribution in [0.1, 0.15) is 5.56 Å². The fourth-order valence-electron chi connectivity index (χ4n) is 2.66. The van der Waals surface area contributed by atoms with E-state index in [0.717, 1.165) is 18.5 Å². The minimum Gasteiger partial charge on any atom is -0.366 e. The van der Waals surface area contributed by atoms with Crippen molar-refractivity contribution in [3.8, 4) is 11.3 Å². The van der Waals surface area contributed by atoms with Crippen LogP contribution in [0.5, 0.6) is 0 Å². The van der Waals surface area contributed by atoms with E-state index in [1.54, 1.807) is 0 Å². The highest BCUT2D eigenvalue weighted by Crippen LogP contribution is 2.29. The van der Waals surface area contributed by atoms with Crippen LogP contribution in [0.4, 0.5) is 5.82 Å². The highest BCUT2D eigenvalue weighted by molar-refractivity contribution is 6.30. The zero-order valence-electron chi connectivity index (χ0n) is 13.3. The van der Waals surface area contributed by atoms with E-state index in [-0.39, 0.29) is 0 Å². The number of hydrogen-bond donors (Lipinski definition) is 1. The Labute approximate surface area is 149 Å². The van der Waals surface area contributed by atoms with Crippen molar-refractivity contribution in [2.45, 2.75) is 6.42 Å². The number of fused-ring (bicyclic) bond motifs is 1. The van der Waals surface area contributed by atoms with Gasteiger partial charge in [0.15, 0.2) is 5.82 Å². The van der Waals surface area contributed by atoms with Gasteiger partial charge in [0.1, 0.15) is 17.5 Å². The fourth-order valence-corrected chi connectivity index (χ4v) is 2.78. The van der Waals surface area contributed by atoms with Crippen LogP contribution in [0.25, 0.3) is 22.4 Å². The monoisotopic (exact) mass is 350 g/mol. The largest absolute Gasteiger partial charge is 0.366 e. The number of benzene rings is 2. The third-order valence-electron chi connectivity index (χ3n) is 3.92. The molecule has 0 amide bonds. The molecule has 4 aromatic rings. The summed E-state index contributed by atoms with van der Waals surface area (Å²) in [6, 6.07) is 17.7. The lowest BCUT2D eigenvalue weighted by Crippen LogP contribution is -2.06. The first kappa shape index (κ1) is 15.6. The molecule has 25 heavy (non-hydrogen) atoms. The molecule has 2 aromatic heterocycles. The van der Waals surface area contributed by atoms with Crippen LogP contribution < -0.4 is 5.32 Å². The van der Waals surface area contributed by atoms with Gasteiger partial charge in [-0.3, -0.25) is 0 Å². The maximum absolute atomic E-state index is 5.94. The molecule has 1 N–H and O–H groups in total. The van der Waals surface area contributed by atoms with E-state index in [1.165, 1.54) is 11.9 Å². The van der Waals surface area contributed by atoms with Gasteiger partial charge in [-0.05, 0) is 24.1 Å². The van der Waals surface area contributed by atoms with Gasteiger partial charge < -0.3 is 9.84 Å². The highest BCUT2D eigenvalue weighted by atomic mass is 35.5. The molecule has 0 aliphatic carbocycles. The summed E-state index contributed by atoms with van der Waals surface area (Å²) >= 11 is 5.94. The maximum Gasteiger partial charge on any atom is 0.228 e. The SMILES string of the molecule is Clc1ccc(-c2noc3c(NCCc4ccccc4)ncnc23)cc1. The predicted molar refractivity (Wildman–Crippen MR) is 98.7 cm³/mol. The van der Waals surface area contributed by atoms with Gasteiger partial charge in [-0.1, -0.05) is 59.2 Å². The summed E-state index contributed by atoms with van der Waals surface area (Å²) in [6.45, 7) is 0.743. The molecule has 5 nitrogen and oxygen atoms in total. The van der Waals surface area contributed by atoms with E-state index in [4.69, 9.17) is 16.1 Å². The third kappa shape index (κ3) is 3.32. The third-order valence-corrected chi connectivity index (χ3v) is 4.17. The summed E-state index contributed by atoms with van der Waals surface area (Å²) in [5.41, 5.74) is 4.08. The van der Waals surface area contributed by atoms with Crippen molar-refractivity contribution in [1.82, 2.24) is 15.1 Å². The number of hydrogen-bond acceptors (Lipinski definition) is 5. The summed E-state index contributed by atoms with van der Waals surface area (Å²) in [7, 11) is 0. The number of nitrogens with one attached hydrogen (secondary N) is 1. The van der Waals surface area contributed by atoms with E-state index in [9.17, 15) is 0 Å². The van der Waals surface area contributed by atoms with Crippen LogP contribution in [-0.2, 0) is 6.42 Å². The number of aromatic nitrogens is 3. The zero-order valence-corrected chi connectivity index (χ0v) is 14.1. The molecule has 0 unspecified atom stereocenters. The molecule has 4 rings (SSSR count). The molecule has 124 valence electrons. The molecular weight excluding hydrogens is 336 g/mol. The van der Waals surface area contributed by atoms with E-state index >= 15 is 0 Å². The van der Waals surface area contributed by atoms with Crippen molar-refractivity contribution in [2.75, 3.05) is 11.9 Å². The lowest BCUT2D eigenvalue weighted by Gasteiger charge is -2.05. The first-order chi connectivity index (χ1) is 12.3. The molecule has 0 fully saturated rings. The maximum atomic E-state index is 5.94. The van der Waals surface area contributed by atoms with Crippen molar-refractivity contribution in [3.05, 3.63) is 71.5 Å². The van der Waals surface area contributed by atoms with Gasteiger partial charge in [0, 0.05) is 17.1 Å². The van der Waals surface area contributed by atoms with E-state index in [1.807, 2.05) is 42.5 Å². The minimum atomic E-state index is 0.556. The van der Waals surface area contributed by atoms with Gasteiger partial charge >= 0.3 is 0 Å². The van der Waals surface area contributed by atoms with Crippen molar-refractivity contribution in [3.63, 3.8) is 0 Å². The van der Waals surface area contributed by atoms with Gasteiger partial charge in [0.25, 0.3) is 0 Å². The summed E-state index contributed by atoms with van der Waals surface area (Å²) in [5, 5.41) is 8.14. The molecule has 0 aliphatic rings. The van der Waals surface area contributed by atoms with Crippen molar-refractivity contribution >= 4 is 28.5 Å². The number of anilines is 1. The molecule has 6 heteroatoms. The lowest BCUT2D eigenvalue weighted by molar-refractivity contribution is 0.459. The van der Waals surface area contributed by atoms with Crippen LogP contribution in [-0.4, -0.2) is 21.7 Å². The van der Waals surface area contributed by atoms with Gasteiger partial charge in [0.05, 0.1) is 0 Å². The van der Waals surface area contributed by atoms with Crippen LogP contribution in [0.2, 0.25) is 5.02 Å². The molecular formula is C19H15ClN4O. The van der Waals surface area contributed by atoms with Gasteiger partial charge in [-0.25, -0.2) is 9.97 Å². The predicted octanol–water partition coefficient (Wildman–Crippen LogP) is 4.59. The van der Waals surface area contributed by atoms with Crippen molar-refractivity contribution < 1.29 is 4.52 Å². The first-order valence-corrected chi connectivity index (χ1v) is 8.33. The first-order valence-electron chi connectivity index (χ1n) is 7.95. The van der Waals surface area contributed by atoms with Crippen molar-refractivity contribution in [1.29, 1.82) is 0 Å². The molecule has 0 bridgehead atoms. The number of rotatable bonds is 5. The second-order valence-corrected chi connectivity index (χ2v) is 6.04. The number of halogens is 1. The van der Waals surface area contributed by atoms with E-state index in [2.05, 4.69) is 32.6 Å². The second kappa shape index (κ2) is 6.91. The highest BCUT2D eigenvalue weighted by Gasteiger charge is 2.15. The average Bonchev–Trinajstić information content (AvgIpc) is 3.08. The summed E-state index contributed by atoms with van der Waals surface area (Å²) in [4.78, 5) is 8.61. The molecule has 0 saturated heterocycles. The molecule has 2 heterocycles. The van der Waals surface area contributed by atoms with Gasteiger partial charge in [-0.15, -0.1) is 0 Å². The average molecular weight is 351 g/mol. The van der Waals surface area contributed by atoms with Crippen LogP contribution in [0.3, 0.4) is 0 Å². The Morgan fingerprint density at radius 2 is 1.76 bits per heavy atom. The zero-order chi connectivity index (χ0) is 17.1. The summed E-state index contributed by atoms with van der Waals surface area (Å²) < 4.78 is 5.50. The normalized spacial score (nSPS) is 10.9. The molecule has 0 saturated carbocycles. The summed E-state index contributed by atoms with van der Waals surface area (Å²) in [6.07, 6.45) is 2.41. The van der Waals surface area contributed by atoms with E-state index in [0.29, 0.717) is 27.6 Å². The Kier molecular flexibility index (Phi) is 4.31. The van der Waals surface area contributed by atoms with Gasteiger partial charge in [-0.2, -0.15) is 0 Å². The fraction of sp³-hybridized carbons (Fsp3) is 0.105. The molecule has 2 aromatic carbocycles. The molecule has 0 radical (unpaired) electrons. The standard InChI is InChI=1S/C19H15ClN4O/c20-15-8-6-14(7-9-15)16-17-18(25-24-16)19(23-12-22-17)21-11-10-13-4-2-1-3-5-13/h1-9,12H,10-11H2,(H,21,22,23). The minimum absolute atomic E-state index is 0.556. The second-order valence-electron chi connectivity index (χ2n) is 5.60. The Hall–Kier alpha value is -2.92. The topological polar surface area (TPSA) is 63.8 Å². The summed E-state index contributed by atoms with van der Waals surface area (Å²) in [5.74, 6) is 0.647. The molecule has 0 aliphatic heterocycles. The Bertz CT molecular complexity index is 983.